The van der Waals surface area contributed by atoms with Gasteiger partial charge in [0.25, 0.3) is 0 Å². The highest BCUT2D eigenvalue weighted by Gasteiger charge is 2.11. The van der Waals surface area contributed by atoms with Crippen LogP contribution in [0.5, 0.6) is 0 Å². The van der Waals surface area contributed by atoms with Gasteiger partial charge in [-0.2, -0.15) is 0 Å². The Balaban J connectivity index is 3.35. The predicted octanol–water partition coefficient (Wildman–Crippen LogP) is 0.290. The van der Waals surface area contributed by atoms with Crippen molar-refractivity contribution in [2.45, 2.75) is 39.3 Å². The molecule has 0 aromatic rings. The molecule has 4 N–H and O–H groups in total. The molecule has 0 aliphatic rings. The van der Waals surface area contributed by atoms with Crippen LogP contribution in [0.1, 0.15) is 33.1 Å². The van der Waals surface area contributed by atoms with Crippen molar-refractivity contribution in [3.8, 4) is 0 Å². The smallest absolute Gasteiger partial charge is 0.248 e. The lowest BCUT2D eigenvalue weighted by molar-refractivity contribution is -0.126. The maximum Gasteiger partial charge on any atom is 0.248 e. The number of carbonyl (C=O) groups excluding carboxylic acids is 2. The first-order valence-corrected chi connectivity index (χ1v) is 7.55. The van der Waals surface area contributed by atoms with Crippen molar-refractivity contribution in [1.29, 1.82) is 0 Å². The lowest BCUT2D eigenvalue weighted by atomic mass is 10.2. The zero-order chi connectivity index (χ0) is 16.8. The number of carbonyl (C=O) groups is 2. The molecule has 0 bridgehead atoms. The molecular formula is C14H28FN3O4. The summed E-state index contributed by atoms with van der Waals surface area (Å²) in [5.41, 5.74) is 0. The van der Waals surface area contributed by atoms with E-state index in [1.807, 2.05) is 0 Å². The highest BCUT2D eigenvalue weighted by molar-refractivity contribution is 5.77. The summed E-state index contributed by atoms with van der Waals surface area (Å²) in [6.07, 6.45) is 1.26. The maximum absolute atomic E-state index is 13.4. The number of alkyl halides is 1. The minimum Gasteiger partial charge on any atom is -0.378 e. The van der Waals surface area contributed by atoms with Crippen LogP contribution >= 0.6 is 0 Å². The van der Waals surface area contributed by atoms with Crippen LogP contribution in [0.15, 0.2) is 0 Å². The first kappa shape index (κ1) is 20.8. The summed E-state index contributed by atoms with van der Waals surface area (Å²) < 4.78 is 18.6. The Labute approximate surface area is 131 Å². The van der Waals surface area contributed by atoms with Gasteiger partial charge in [0.05, 0.1) is 13.2 Å². The van der Waals surface area contributed by atoms with Crippen molar-refractivity contribution in [2.75, 3.05) is 32.9 Å². The van der Waals surface area contributed by atoms with Crippen molar-refractivity contribution in [2.24, 2.45) is 11.8 Å². The van der Waals surface area contributed by atoms with Gasteiger partial charge in [-0.05, 0) is 19.3 Å². The van der Waals surface area contributed by atoms with Crippen molar-refractivity contribution < 1.29 is 23.6 Å². The van der Waals surface area contributed by atoms with Gasteiger partial charge in [-0.15, -0.1) is 0 Å². The van der Waals surface area contributed by atoms with Gasteiger partial charge in [-0.1, -0.05) is 13.8 Å². The molecule has 0 fully saturated rings. The predicted molar refractivity (Wildman–Crippen MR) is 80.6 cm³/mol. The van der Waals surface area contributed by atoms with E-state index < -0.39 is 6.17 Å². The number of rotatable bonds is 13. The van der Waals surface area contributed by atoms with Gasteiger partial charge < -0.3 is 15.4 Å². The number of nitrogens with two attached hydrogens (primary N) is 1. The largest absolute Gasteiger partial charge is 0.378 e. The topological polar surface area (TPSA) is 103 Å². The number of halogens is 1. The first-order chi connectivity index (χ1) is 10.5. The van der Waals surface area contributed by atoms with Gasteiger partial charge in [-0.3, -0.25) is 14.4 Å². The molecule has 0 rings (SSSR count). The lowest BCUT2D eigenvalue weighted by Crippen LogP contribution is -2.34. The summed E-state index contributed by atoms with van der Waals surface area (Å²) in [7, 11) is 0. The SMILES string of the molecule is CC(C)C(=O)NCC(F)COCCCCCNC(=O)CON. The van der Waals surface area contributed by atoms with E-state index in [4.69, 9.17) is 10.6 Å². The maximum atomic E-state index is 13.4. The monoisotopic (exact) mass is 321 g/mol. The number of ether oxygens (including phenoxy) is 1. The third kappa shape index (κ3) is 12.5. The van der Waals surface area contributed by atoms with E-state index in [1.165, 1.54) is 0 Å². The molecule has 0 spiro atoms. The quantitative estimate of drug-likeness (QED) is 0.334. The van der Waals surface area contributed by atoms with E-state index in [1.54, 1.807) is 13.8 Å². The average Bonchev–Trinajstić information content (AvgIpc) is 2.47. The molecule has 0 aromatic heterocycles. The van der Waals surface area contributed by atoms with Gasteiger partial charge in [-0.25, -0.2) is 10.3 Å². The zero-order valence-electron chi connectivity index (χ0n) is 13.4. The number of hydrogen-bond acceptors (Lipinski definition) is 5. The van der Waals surface area contributed by atoms with Gasteiger partial charge in [0.1, 0.15) is 12.8 Å². The second kappa shape index (κ2) is 13.4. The standard InChI is InChI=1S/C14H28FN3O4/c1-11(2)14(20)18-8-12(15)9-21-7-5-3-4-6-17-13(19)10-22-16/h11-12H,3-10,16H2,1-2H3,(H,17,19)(H,18,20). The van der Waals surface area contributed by atoms with Crippen LogP contribution in [0.4, 0.5) is 4.39 Å². The van der Waals surface area contributed by atoms with Crippen LogP contribution in [0, 0.1) is 5.92 Å². The number of hydrogen-bond donors (Lipinski definition) is 3. The molecule has 0 aliphatic carbocycles. The number of unbranched alkanes of at least 4 members (excludes halogenated alkanes) is 2. The summed E-state index contributed by atoms with van der Waals surface area (Å²) in [6.45, 7) is 4.33. The van der Waals surface area contributed by atoms with Crippen molar-refractivity contribution in [3.05, 3.63) is 0 Å². The Hall–Kier alpha value is -1.25. The molecule has 1 unspecified atom stereocenters. The van der Waals surface area contributed by atoms with Crippen molar-refractivity contribution in [1.82, 2.24) is 10.6 Å². The third-order valence-electron chi connectivity index (χ3n) is 2.82. The van der Waals surface area contributed by atoms with Crippen LogP contribution < -0.4 is 16.5 Å². The van der Waals surface area contributed by atoms with Crippen LogP contribution in [0.3, 0.4) is 0 Å². The number of nitrogens with one attached hydrogen (secondary N) is 2. The van der Waals surface area contributed by atoms with Crippen LogP contribution in [-0.4, -0.2) is 50.9 Å². The normalized spacial score (nSPS) is 12.2. The van der Waals surface area contributed by atoms with E-state index >= 15 is 0 Å². The Bertz CT molecular complexity index is 316. The Kier molecular flexibility index (Phi) is 12.7. The highest BCUT2D eigenvalue weighted by atomic mass is 19.1. The van der Waals surface area contributed by atoms with Crippen LogP contribution in [-0.2, 0) is 19.2 Å². The zero-order valence-corrected chi connectivity index (χ0v) is 13.4. The Morgan fingerprint density at radius 2 is 1.91 bits per heavy atom. The molecule has 0 heterocycles. The molecule has 0 saturated carbocycles. The second-order valence-electron chi connectivity index (χ2n) is 5.29. The van der Waals surface area contributed by atoms with Gasteiger partial charge in [0.2, 0.25) is 11.8 Å². The van der Waals surface area contributed by atoms with Gasteiger partial charge in [0, 0.05) is 19.1 Å². The van der Waals surface area contributed by atoms with E-state index in [-0.39, 0.29) is 37.5 Å². The van der Waals surface area contributed by atoms with Gasteiger partial charge >= 0.3 is 0 Å². The fourth-order valence-corrected chi connectivity index (χ4v) is 1.55. The summed E-state index contributed by atoms with van der Waals surface area (Å²) >= 11 is 0. The fourth-order valence-electron chi connectivity index (χ4n) is 1.55. The van der Waals surface area contributed by atoms with Gasteiger partial charge in [0.15, 0.2) is 0 Å². The molecule has 7 nitrogen and oxygen atoms in total. The molecule has 8 heteroatoms. The third-order valence-corrected chi connectivity index (χ3v) is 2.82. The van der Waals surface area contributed by atoms with Crippen molar-refractivity contribution >= 4 is 11.8 Å². The molecular weight excluding hydrogens is 293 g/mol. The summed E-state index contributed by atoms with van der Waals surface area (Å²) in [4.78, 5) is 26.4. The minimum absolute atomic E-state index is 0.0216. The molecule has 0 aromatic carbocycles. The molecule has 130 valence electrons. The van der Waals surface area contributed by atoms with Crippen LogP contribution in [0.2, 0.25) is 0 Å². The van der Waals surface area contributed by atoms with Crippen molar-refractivity contribution in [3.63, 3.8) is 0 Å². The Morgan fingerprint density at radius 3 is 2.55 bits per heavy atom. The summed E-state index contributed by atoms with van der Waals surface area (Å²) in [6, 6.07) is 0. The summed E-state index contributed by atoms with van der Waals surface area (Å²) in [5.74, 6) is 4.20. The average molecular weight is 321 g/mol. The van der Waals surface area contributed by atoms with E-state index in [0.717, 1.165) is 19.3 Å². The lowest BCUT2D eigenvalue weighted by Gasteiger charge is -2.12. The Morgan fingerprint density at radius 1 is 1.18 bits per heavy atom. The summed E-state index contributed by atoms with van der Waals surface area (Å²) in [5, 5.41) is 5.16. The van der Waals surface area contributed by atoms with Crippen LogP contribution in [0.25, 0.3) is 0 Å². The molecule has 0 saturated heterocycles. The minimum atomic E-state index is -1.20. The van der Waals surface area contributed by atoms with E-state index in [9.17, 15) is 14.0 Å². The molecule has 22 heavy (non-hydrogen) atoms. The van der Waals surface area contributed by atoms with E-state index in [0.29, 0.717) is 13.2 Å². The fraction of sp³-hybridized carbons (Fsp3) is 0.857. The second-order valence-corrected chi connectivity index (χ2v) is 5.29. The highest BCUT2D eigenvalue weighted by Crippen LogP contribution is 1.98. The molecule has 0 radical (unpaired) electrons. The molecule has 0 aliphatic heterocycles. The first-order valence-electron chi connectivity index (χ1n) is 7.55. The number of amides is 2. The molecule has 2 amide bonds. The van der Waals surface area contributed by atoms with E-state index in [2.05, 4.69) is 15.5 Å². The molecule has 1 atom stereocenters.